The molecule has 2 aromatic rings. The van der Waals surface area contributed by atoms with Gasteiger partial charge in [0.1, 0.15) is 11.2 Å². The summed E-state index contributed by atoms with van der Waals surface area (Å²) in [5.41, 5.74) is 5.53. The van der Waals surface area contributed by atoms with E-state index in [9.17, 15) is 14.0 Å². The minimum Gasteiger partial charge on any atom is -0.368 e. The molecule has 2 amide bonds. The van der Waals surface area contributed by atoms with Gasteiger partial charge in [-0.3, -0.25) is 9.59 Å². The fourth-order valence-electron chi connectivity index (χ4n) is 1.78. The molecule has 5 nitrogen and oxygen atoms in total. The van der Waals surface area contributed by atoms with E-state index in [0.29, 0.717) is 5.56 Å². The van der Waals surface area contributed by atoms with Gasteiger partial charge in [0.25, 0.3) is 5.91 Å². The quantitative estimate of drug-likeness (QED) is 0.837. The first-order chi connectivity index (χ1) is 10.4. The lowest BCUT2D eigenvalue weighted by Gasteiger charge is -2.16. The van der Waals surface area contributed by atoms with E-state index in [1.165, 1.54) is 0 Å². The van der Waals surface area contributed by atoms with Crippen molar-refractivity contribution in [1.82, 2.24) is 10.3 Å². The van der Waals surface area contributed by atoms with Gasteiger partial charge in [-0.25, -0.2) is 9.37 Å². The third kappa shape index (κ3) is 3.52. The number of rotatable bonds is 4. The van der Waals surface area contributed by atoms with Gasteiger partial charge in [-0.15, -0.1) is 0 Å². The zero-order valence-electron chi connectivity index (χ0n) is 11.0. The van der Waals surface area contributed by atoms with Crippen molar-refractivity contribution in [2.24, 2.45) is 5.73 Å². The molecular formula is C14H10Cl2FN3O2. The fraction of sp³-hybridized carbons (Fsp3) is 0.0714. The topological polar surface area (TPSA) is 85.1 Å². The van der Waals surface area contributed by atoms with E-state index >= 15 is 0 Å². The number of carbonyl (C=O) groups excluding carboxylic acids is 2. The normalized spacial score (nSPS) is 11.8. The van der Waals surface area contributed by atoms with Crippen LogP contribution in [0, 0.1) is 5.82 Å². The molecule has 114 valence electrons. The summed E-state index contributed by atoms with van der Waals surface area (Å²) in [4.78, 5) is 27.2. The van der Waals surface area contributed by atoms with Gasteiger partial charge in [-0.1, -0.05) is 53.5 Å². The van der Waals surface area contributed by atoms with Crippen molar-refractivity contribution in [1.29, 1.82) is 0 Å². The molecule has 0 fully saturated rings. The van der Waals surface area contributed by atoms with Gasteiger partial charge in [-0.05, 0) is 11.6 Å². The van der Waals surface area contributed by atoms with Gasteiger partial charge in [0.2, 0.25) is 5.91 Å². The van der Waals surface area contributed by atoms with Crippen molar-refractivity contribution >= 4 is 35.0 Å². The van der Waals surface area contributed by atoms with E-state index in [-0.39, 0.29) is 10.7 Å². The van der Waals surface area contributed by atoms with Crippen LogP contribution in [0.15, 0.2) is 36.4 Å². The molecule has 1 unspecified atom stereocenters. The van der Waals surface area contributed by atoms with Gasteiger partial charge >= 0.3 is 0 Å². The predicted molar refractivity (Wildman–Crippen MR) is 80.1 cm³/mol. The largest absolute Gasteiger partial charge is 0.368 e. The standard InChI is InChI=1S/C14H10Cl2FN3O2/c15-11-8(6-9(17)12(16)20-11)14(22)19-10(13(18)21)7-4-2-1-3-5-7/h1-6,10H,(H2,18,21)(H,19,22). The van der Waals surface area contributed by atoms with Gasteiger partial charge in [-0.2, -0.15) is 0 Å². The Morgan fingerprint density at radius 2 is 1.82 bits per heavy atom. The SMILES string of the molecule is NC(=O)C(NC(=O)c1cc(F)c(Cl)nc1Cl)c1ccccc1. The number of pyridine rings is 1. The van der Waals surface area contributed by atoms with Crippen LogP contribution in [-0.4, -0.2) is 16.8 Å². The number of nitrogens with two attached hydrogens (primary N) is 1. The zero-order chi connectivity index (χ0) is 16.3. The monoisotopic (exact) mass is 341 g/mol. The highest BCUT2D eigenvalue weighted by molar-refractivity contribution is 6.34. The minimum absolute atomic E-state index is 0.245. The van der Waals surface area contributed by atoms with Crippen LogP contribution >= 0.6 is 23.2 Å². The second-order valence-corrected chi connectivity index (χ2v) is 5.03. The van der Waals surface area contributed by atoms with E-state index in [1.807, 2.05) is 0 Å². The van der Waals surface area contributed by atoms with Crippen molar-refractivity contribution < 1.29 is 14.0 Å². The number of primary amides is 1. The van der Waals surface area contributed by atoms with Crippen molar-refractivity contribution in [2.75, 3.05) is 0 Å². The second kappa shape index (κ2) is 6.72. The van der Waals surface area contributed by atoms with Gasteiger partial charge < -0.3 is 11.1 Å². The van der Waals surface area contributed by atoms with E-state index < -0.39 is 28.8 Å². The van der Waals surface area contributed by atoms with Gasteiger partial charge in [0.15, 0.2) is 11.0 Å². The number of halogens is 3. The van der Waals surface area contributed by atoms with Crippen LogP contribution < -0.4 is 11.1 Å². The number of nitrogens with zero attached hydrogens (tertiary/aromatic N) is 1. The average Bonchev–Trinajstić information content (AvgIpc) is 2.48. The van der Waals surface area contributed by atoms with E-state index in [1.54, 1.807) is 30.3 Å². The molecule has 0 radical (unpaired) electrons. The zero-order valence-corrected chi connectivity index (χ0v) is 12.5. The Morgan fingerprint density at radius 3 is 2.41 bits per heavy atom. The van der Waals surface area contributed by atoms with E-state index in [2.05, 4.69) is 10.3 Å². The van der Waals surface area contributed by atoms with Crippen molar-refractivity contribution in [3.63, 3.8) is 0 Å². The third-order valence-corrected chi connectivity index (χ3v) is 3.38. The van der Waals surface area contributed by atoms with Crippen LogP contribution in [-0.2, 0) is 4.79 Å². The molecule has 0 saturated carbocycles. The maximum Gasteiger partial charge on any atom is 0.255 e. The molecule has 0 aliphatic rings. The average molecular weight is 342 g/mol. The van der Waals surface area contributed by atoms with Crippen molar-refractivity contribution in [3.8, 4) is 0 Å². The summed E-state index contributed by atoms with van der Waals surface area (Å²) in [5.74, 6) is -2.45. The highest BCUT2D eigenvalue weighted by Gasteiger charge is 2.23. The van der Waals surface area contributed by atoms with E-state index in [0.717, 1.165) is 6.07 Å². The molecule has 1 aromatic heterocycles. The Bertz CT molecular complexity index is 726. The third-order valence-electron chi connectivity index (χ3n) is 2.82. The molecule has 1 heterocycles. The smallest absolute Gasteiger partial charge is 0.255 e. The number of hydrogen-bond donors (Lipinski definition) is 2. The summed E-state index contributed by atoms with van der Waals surface area (Å²) in [6, 6.07) is 8.13. The highest BCUT2D eigenvalue weighted by atomic mass is 35.5. The van der Waals surface area contributed by atoms with Crippen molar-refractivity contribution in [2.45, 2.75) is 6.04 Å². The molecule has 0 aliphatic carbocycles. The molecule has 22 heavy (non-hydrogen) atoms. The Morgan fingerprint density at radius 1 is 1.18 bits per heavy atom. The predicted octanol–water partition coefficient (Wildman–Crippen LogP) is 2.48. The lowest BCUT2D eigenvalue weighted by Crippen LogP contribution is -2.37. The Hall–Kier alpha value is -2.18. The molecular weight excluding hydrogens is 332 g/mol. The number of aromatic nitrogens is 1. The summed E-state index contributed by atoms with van der Waals surface area (Å²) in [7, 11) is 0. The van der Waals surface area contributed by atoms with Crippen LogP contribution in [0.1, 0.15) is 22.0 Å². The first-order valence-corrected chi connectivity index (χ1v) is 6.82. The lowest BCUT2D eigenvalue weighted by molar-refractivity contribution is -0.120. The second-order valence-electron chi connectivity index (χ2n) is 4.32. The van der Waals surface area contributed by atoms with Crippen molar-refractivity contribution in [3.05, 3.63) is 63.6 Å². The summed E-state index contributed by atoms with van der Waals surface area (Å²) in [6.45, 7) is 0. The summed E-state index contributed by atoms with van der Waals surface area (Å²) >= 11 is 11.2. The molecule has 3 N–H and O–H groups in total. The van der Waals surface area contributed by atoms with Gasteiger partial charge in [0.05, 0.1) is 5.56 Å². The molecule has 1 aromatic carbocycles. The number of hydrogen-bond acceptors (Lipinski definition) is 3. The molecule has 2 rings (SSSR count). The summed E-state index contributed by atoms with van der Waals surface area (Å²) in [6.07, 6.45) is 0. The molecule has 8 heteroatoms. The van der Waals surface area contributed by atoms with Crippen LogP contribution in [0.4, 0.5) is 4.39 Å². The lowest BCUT2D eigenvalue weighted by atomic mass is 10.1. The summed E-state index contributed by atoms with van der Waals surface area (Å²) < 4.78 is 13.4. The number of carbonyl (C=O) groups is 2. The maximum absolute atomic E-state index is 13.4. The number of amides is 2. The molecule has 0 bridgehead atoms. The van der Waals surface area contributed by atoms with E-state index in [4.69, 9.17) is 28.9 Å². The first kappa shape index (κ1) is 16.2. The van der Waals surface area contributed by atoms with Crippen LogP contribution in [0.2, 0.25) is 10.3 Å². The fourth-order valence-corrected chi connectivity index (χ4v) is 2.19. The van der Waals surface area contributed by atoms with Crippen LogP contribution in [0.3, 0.4) is 0 Å². The first-order valence-electron chi connectivity index (χ1n) is 6.07. The van der Waals surface area contributed by atoms with Gasteiger partial charge in [0, 0.05) is 0 Å². The number of benzene rings is 1. The molecule has 0 aliphatic heterocycles. The molecule has 0 spiro atoms. The molecule has 0 saturated heterocycles. The number of nitrogens with one attached hydrogen (secondary N) is 1. The van der Waals surface area contributed by atoms with Crippen LogP contribution in [0.25, 0.3) is 0 Å². The summed E-state index contributed by atoms with van der Waals surface area (Å²) in [5, 5.41) is 1.66. The molecule has 1 atom stereocenters. The Kier molecular flexibility index (Phi) is 4.95. The Labute approximate surface area is 135 Å². The maximum atomic E-state index is 13.4. The Balaban J connectivity index is 2.30. The minimum atomic E-state index is -1.08. The van der Waals surface area contributed by atoms with Crippen LogP contribution in [0.5, 0.6) is 0 Å². The highest BCUT2D eigenvalue weighted by Crippen LogP contribution is 2.21.